The quantitative estimate of drug-likeness (QED) is 0.473. The van der Waals surface area contributed by atoms with Crippen LogP contribution in [0.15, 0.2) is 48.5 Å². The number of rotatable bonds is 8. The zero-order chi connectivity index (χ0) is 24.4. The third-order valence-electron chi connectivity index (χ3n) is 6.52. The summed E-state index contributed by atoms with van der Waals surface area (Å²) in [5.41, 5.74) is 2.69. The van der Waals surface area contributed by atoms with E-state index in [-0.39, 0.29) is 12.3 Å². The second-order valence-electron chi connectivity index (χ2n) is 8.85. The molecule has 0 saturated carbocycles. The minimum Gasteiger partial charge on any atom is -0.493 e. The van der Waals surface area contributed by atoms with Gasteiger partial charge in [-0.05, 0) is 55.8 Å². The number of hydrogen-bond acceptors (Lipinski definition) is 5. The van der Waals surface area contributed by atoms with Gasteiger partial charge in [-0.15, -0.1) is 0 Å². The van der Waals surface area contributed by atoms with Crippen LogP contribution >= 0.6 is 0 Å². The Morgan fingerprint density at radius 3 is 2.60 bits per heavy atom. The molecule has 8 heteroatoms. The van der Waals surface area contributed by atoms with Crippen LogP contribution in [0.25, 0.3) is 0 Å². The van der Waals surface area contributed by atoms with E-state index in [0.717, 1.165) is 31.3 Å². The first-order chi connectivity index (χ1) is 17.0. The maximum absolute atomic E-state index is 14.1. The monoisotopic (exact) mass is 479 g/mol. The molecule has 0 bridgehead atoms. The Balaban J connectivity index is 1.29. The SMILES string of the molecule is COc1cc(N2Cc3ccc(Cc4ccc(F)cc4F)nc3C2=O)ccc1OCCN1CCCC1. The van der Waals surface area contributed by atoms with E-state index in [9.17, 15) is 13.6 Å². The Morgan fingerprint density at radius 2 is 1.83 bits per heavy atom. The van der Waals surface area contributed by atoms with Crippen LogP contribution in [-0.2, 0) is 13.0 Å². The predicted molar refractivity (Wildman–Crippen MR) is 128 cm³/mol. The van der Waals surface area contributed by atoms with Crippen molar-refractivity contribution in [3.63, 3.8) is 0 Å². The Labute approximate surface area is 203 Å². The highest BCUT2D eigenvalue weighted by atomic mass is 19.1. The van der Waals surface area contributed by atoms with E-state index < -0.39 is 11.6 Å². The van der Waals surface area contributed by atoms with Crippen LogP contribution in [0.2, 0.25) is 0 Å². The van der Waals surface area contributed by atoms with E-state index in [2.05, 4.69) is 9.88 Å². The van der Waals surface area contributed by atoms with Crippen LogP contribution < -0.4 is 14.4 Å². The first-order valence-corrected chi connectivity index (χ1v) is 11.8. The molecule has 0 radical (unpaired) electrons. The fourth-order valence-corrected chi connectivity index (χ4v) is 4.61. The molecule has 5 rings (SSSR count). The fourth-order valence-electron chi connectivity index (χ4n) is 4.61. The number of carbonyl (C=O) groups excluding carboxylic acids is 1. The molecule has 182 valence electrons. The number of benzene rings is 2. The van der Waals surface area contributed by atoms with Crippen molar-refractivity contribution in [1.29, 1.82) is 0 Å². The van der Waals surface area contributed by atoms with Crippen molar-refractivity contribution in [3.05, 3.63) is 82.7 Å². The highest BCUT2D eigenvalue weighted by molar-refractivity contribution is 6.08. The number of amides is 1. The van der Waals surface area contributed by atoms with Gasteiger partial charge in [-0.3, -0.25) is 9.69 Å². The van der Waals surface area contributed by atoms with Crippen molar-refractivity contribution in [2.24, 2.45) is 0 Å². The van der Waals surface area contributed by atoms with Crippen molar-refractivity contribution in [1.82, 2.24) is 9.88 Å². The number of ether oxygens (including phenoxy) is 2. The number of methoxy groups -OCH3 is 1. The third-order valence-corrected chi connectivity index (χ3v) is 6.52. The lowest BCUT2D eigenvalue weighted by molar-refractivity contribution is 0.0992. The Hall–Kier alpha value is -3.52. The standard InChI is InChI=1S/C27H27F2N3O3/c1-34-25-16-22(8-9-24(25)35-13-12-31-10-2-3-11-31)32-17-19-5-7-21(30-26(19)27(32)33)14-18-4-6-20(28)15-23(18)29/h4-9,15-16H,2-3,10-14,17H2,1H3. The van der Waals surface area contributed by atoms with Crippen molar-refractivity contribution in [2.45, 2.75) is 25.8 Å². The molecule has 35 heavy (non-hydrogen) atoms. The van der Waals surface area contributed by atoms with Gasteiger partial charge in [0.05, 0.1) is 13.7 Å². The van der Waals surface area contributed by atoms with Gasteiger partial charge in [-0.1, -0.05) is 12.1 Å². The fraction of sp³-hybridized carbons (Fsp3) is 0.333. The number of pyridine rings is 1. The number of likely N-dealkylation sites (tertiary alicyclic amines) is 1. The summed E-state index contributed by atoms with van der Waals surface area (Å²) >= 11 is 0. The normalized spacial score (nSPS) is 15.5. The Bertz CT molecular complexity index is 1240. The molecule has 0 N–H and O–H groups in total. The molecular formula is C27H27F2N3O3. The number of aromatic nitrogens is 1. The van der Waals surface area contributed by atoms with Gasteiger partial charge in [0.2, 0.25) is 0 Å². The third kappa shape index (κ3) is 4.98. The van der Waals surface area contributed by atoms with E-state index in [1.807, 2.05) is 18.2 Å². The molecule has 0 spiro atoms. The average molecular weight is 480 g/mol. The van der Waals surface area contributed by atoms with Gasteiger partial charge < -0.3 is 14.4 Å². The summed E-state index contributed by atoms with van der Waals surface area (Å²) in [6.45, 7) is 4.06. The lowest BCUT2D eigenvalue weighted by Crippen LogP contribution is -2.25. The van der Waals surface area contributed by atoms with Gasteiger partial charge >= 0.3 is 0 Å². The largest absolute Gasteiger partial charge is 0.493 e. The van der Waals surface area contributed by atoms with Gasteiger partial charge in [0, 0.05) is 42.0 Å². The van der Waals surface area contributed by atoms with Crippen LogP contribution in [0, 0.1) is 11.6 Å². The number of nitrogens with zero attached hydrogens (tertiary/aromatic N) is 3. The zero-order valence-electron chi connectivity index (χ0n) is 19.6. The second kappa shape index (κ2) is 10.00. The smallest absolute Gasteiger partial charge is 0.277 e. The minimum atomic E-state index is -0.630. The van der Waals surface area contributed by atoms with Gasteiger partial charge in [-0.2, -0.15) is 0 Å². The molecule has 1 fully saturated rings. The summed E-state index contributed by atoms with van der Waals surface area (Å²) in [5.74, 6) is -0.284. The summed E-state index contributed by atoms with van der Waals surface area (Å²) in [7, 11) is 1.58. The molecule has 1 saturated heterocycles. The summed E-state index contributed by atoms with van der Waals surface area (Å²) in [6.07, 6.45) is 2.65. The van der Waals surface area contributed by atoms with E-state index in [4.69, 9.17) is 9.47 Å². The number of hydrogen-bond donors (Lipinski definition) is 0. The van der Waals surface area contributed by atoms with Crippen LogP contribution in [-0.4, -0.2) is 49.1 Å². The lowest BCUT2D eigenvalue weighted by atomic mass is 10.1. The Kier molecular flexibility index (Phi) is 6.63. The van der Waals surface area contributed by atoms with Gasteiger partial charge in [0.25, 0.3) is 5.91 Å². The van der Waals surface area contributed by atoms with Gasteiger partial charge in [0.15, 0.2) is 11.5 Å². The molecule has 2 aliphatic rings. The van der Waals surface area contributed by atoms with Crippen LogP contribution in [0.4, 0.5) is 14.5 Å². The molecule has 0 unspecified atom stereocenters. The molecule has 1 aromatic heterocycles. The van der Waals surface area contributed by atoms with Crippen LogP contribution in [0.5, 0.6) is 11.5 Å². The highest BCUT2D eigenvalue weighted by Crippen LogP contribution is 2.35. The van der Waals surface area contributed by atoms with Gasteiger partial charge in [-0.25, -0.2) is 13.8 Å². The molecule has 0 atom stereocenters. The van der Waals surface area contributed by atoms with Crippen molar-refractivity contribution < 1.29 is 23.0 Å². The number of anilines is 1. The average Bonchev–Trinajstić information content (AvgIpc) is 3.49. The second-order valence-corrected chi connectivity index (χ2v) is 8.85. The van der Waals surface area contributed by atoms with Crippen molar-refractivity contribution >= 4 is 11.6 Å². The number of fused-ring (bicyclic) bond motifs is 1. The highest BCUT2D eigenvalue weighted by Gasteiger charge is 2.31. The molecule has 2 aromatic carbocycles. The zero-order valence-corrected chi connectivity index (χ0v) is 19.6. The molecule has 1 amide bonds. The van der Waals surface area contributed by atoms with Crippen LogP contribution in [0.3, 0.4) is 0 Å². The van der Waals surface area contributed by atoms with E-state index in [0.29, 0.717) is 47.3 Å². The first kappa shape index (κ1) is 23.2. The summed E-state index contributed by atoms with van der Waals surface area (Å²) in [5, 5.41) is 0. The minimum absolute atomic E-state index is 0.171. The molecular weight excluding hydrogens is 452 g/mol. The van der Waals surface area contributed by atoms with Crippen LogP contribution in [0.1, 0.15) is 40.2 Å². The summed E-state index contributed by atoms with van der Waals surface area (Å²) in [6, 6.07) is 12.5. The molecule has 3 aromatic rings. The predicted octanol–water partition coefficient (Wildman–Crippen LogP) is 4.59. The summed E-state index contributed by atoms with van der Waals surface area (Å²) < 4.78 is 38.7. The van der Waals surface area contributed by atoms with Crippen molar-refractivity contribution in [3.8, 4) is 11.5 Å². The van der Waals surface area contributed by atoms with Crippen molar-refractivity contribution in [2.75, 3.05) is 38.3 Å². The van der Waals surface area contributed by atoms with E-state index in [1.54, 1.807) is 24.1 Å². The van der Waals surface area contributed by atoms with Gasteiger partial charge in [0.1, 0.15) is 23.9 Å². The Morgan fingerprint density at radius 1 is 1.00 bits per heavy atom. The maximum Gasteiger partial charge on any atom is 0.277 e. The first-order valence-electron chi connectivity index (χ1n) is 11.8. The number of halogens is 2. The topological polar surface area (TPSA) is 54.9 Å². The summed E-state index contributed by atoms with van der Waals surface area (Å²) in [4.78, 5) is 21.7. The molecule has 0 aliphatic carbocycles. The van der Waals surface area contributed by atoms with E-state index in [1.165, 1.54) is 25.0 Å². The maximum atomic E-state index is 14.1. The number of carbonyl (C=O) groups is 1. The molecule has 2 aliphatic heterocycles. The molecule has 6 nitrogen and oxygen atoms in total. The van der Waals surface area contributed by atoms with E-state index >= 15 is 0 Å². The lowest BCUT2D eigenvalue weighted by Gasteiger charge is -2.19. The molecule has 3 heterocycles.